The van der Waals surface area contributed by atoms with Crippen molar-refractivity contribution in [1.29, 1.82) is 5.26 Å². The molecule has 0 aromatic heterocycles. The summed E-state index contributed by atoms with van der Waals surface area (Å²) in [5.41, 5.74) is 0.828. The zero-order valence-electron chi connectivity index (χ0n) is 11.2. The van der Waals surface area contributed by atoms with Crippen LogP contribution in [0.1, 0.15) is 33.2 Å². The van der Waals surface area contributed by atoms with Crippen molar-refractivity contribution in [3.05, 3.63) is 65.0 Å². The van der Waals surface area contributed by atoms with E-state index in [1.165, 1.54) is 25.1 Å². The fourth-order valence-electron chi connectivity index (χ4n) is 1.78. The molecule has 104 valence electrons. The first-order valence-corrected chi connectivity index (χ1v) is 6.13. The summed E-state index contributed by atoms with van der Waals surface area (Å²) in [6.07, 6.45) is 0. The molecule has 0 fully saturated rings. The number of nitrogens with one attached hydrogen (secondary N) is 1. The Bertz CT molecular complexity index is 763. The standard InChI is InChI=1S/C16H11FN2O2/c1-10(20)12-3-2-4-13(8-12)19-16(21)14-6-5-11(9-18)7-15(14)17/h2-8H,1H3,(H,19,21). The molecule has 0 radical (unpaired) electrons. The average molecular weight is 282 g/mol. The van der Waals surface area contributed by atoms with Crippen LogP contribution in [0.2, 0.25) is 0 Å². The highest BCUT2D eigenvalue weighted by atomic mass is 19.1. The molecular weight excluding hydrogens is 271 g/mol. The third kappa shape index (κ3) is 3.31. The lowest BCUT2D eigenvalue weighted by Crippen LogP contribution is -2.14. The van der Waals surface area contributed by atoms with Crippen LogP contribution >= 0.6 is 0 Å². The van der Waals surface area contributed by atoms with Crippen molar-refractivity contribution >= 4 is 17.4 Å². The van der Waals surface area contributed by atoms with Crippen molar-refractivity contribution in [2.45, 2.75) is 6.92 Å². The molecule has 0 saturated carbocycles. The van der Waals surface area contributed by atoms with Gasteiger partial charge in [0, 0.05) is 11.3 Å². The van der Waals surface area contributed by atoms with E-state index in [0.717, 1.165) is 6.07 Å². The molecule has 0 bridgehead atoms. The van der Waals surface area contributed by atoms with Gasteiger partial charge < -0.3 is 5.32 Å². The first-order valence-electron chi connectivity index (χ1n) is 6.13. The largest absolute Gasteiger partial charge is 0.322 e. The average Bonchev–Trinajstić information content (AvgIpc) is 2.47. The molecule has 2 rings (SSSR count). The van der Waals surface area contributed by atoms with Gasteiger partial charge in [0.1, 0.15) is 5.82 Å². The van der Waals surface area contributed by atoms with Gasteiger partial charge in [-0.1, -0.05) is 12.1 Å². The molecular formula is C16H11FN2O2. The zero-order valence-corrected chi connectivity index (χ0v) is 11.2. The Hall–Kier alpha value is -3.00. The minimum Gasteiger partial charge on any atom is -0.322 e. The molecule has 21 heavy (non-hydrogen) atoms. The second kappa shape index (κ2) is 5.97. The second-order valence-corrected chi connectivity index (χ2v) is 4.40. The number of hydrogen-bond donors (Lipinski definition) is 1. The molecule has 0 atom stereocenters. The number of carbonyl (C=O) groups is 2. The number of Topliss-reactive ketones (excluding diaryl/α,β-unsaturated/α-hetero) is 1. The van der Waals surface area contributed by atoms with Gasteiger partial charge in [-0.3, -0.25) is 9.59 Å². The maximum atomic E-state index is 13.7. The molecule has 1 N–H and O–H groups in total. The Morgan fingerprint density at radius 3 is 2.57 bits per heavy atom. The molecule has 0 saturated heterocycles. The number of amides is 1. The fourth-order valence-corrected chi connectivity index (χ4v) is 1.78. The summed E-state index contributed by atoms with van der Waals surface area (Å²) < 4.78 is 13.7. The van der Waals surface area contributed by atoms with Crippen LogP contribution in [0, 0.1) is 17.1 Å². The summed E-state index contributed by atoms with van der Waals surface area (Å²) in [5, 5.41) is 11.2. The van der Waals surface area contributed by atoms with Gasteiger partial charge >= 0.3 is 0 Å². The van der Waals surface area contributed by atoms with Gasteiger partial charge in [0.15, 0.2) is 5.78 Å². The molecule has 0 aliphatic carbocycles. The number of nitrogens with zero attached hydrogens (tertiary/aromatic N) is 1. The van der Waals surface area contributed by atoms with Crippen LogP contribution in [0.25, 0.3) is 0 Å². The number of rotatable bonds is 3. The van der Waals surface area contributed by atoms with Crippen molar-refractivity contribution in [3.63, 3.8) is 0 Å². The number of nitriles is 1. The highest BCUT2D eigenvalue weighted by Crippen LogP contribution is 2.15. The summed E-state index contributed by atoms with van der Waals surface area (Å²) >= 11 is 0. The van der Waals surface area contributed by atoms with E-state index in [1.54, 1.807) is 24.3 Å². The number of anilines is 1. The lowest BCUT2D eigenvalue weighted by atomic mass is 10.1. The van der Waals surface area contributed by atoms with Crippen molar-refractivity contribution in [2.24, 2.45) is 0 Å². The normalized spacial score (nSPS) is 9.76. The third-order valence-corrected chi connectivity index (χ3v) is 2.87. The van der Waals surface area contributed by atoms with Gasteiger partial charge in [-0.2, -0.15) is 5.26 Å². The Balaban J connectivity index is 2.24. The van der Waals surface area contributed by atoms with E-state index in [-0.39, 0.29) is 16.9 Å². The first kappa shape index (κ1) is 14.4. The number of halogens is 1. The highest BCUT2D eigenvalue weighted by molar-refractivity contribution is 6.05. The van der Waals surface area contributed by atoms with Crippen molar-refractivity contribution < 1.29 is 14.0 Å². The lowest BCUT2D eigenvalue weighted by molar-refractivity contribution is 0.100. The quantitative estimate of drug-likeness (QED) is 0.879. The topological polar surface area (TPSA) is 70.0 Å². The van der Waals surface area contributed by atoms with Crippen LogP contribution < -0.4 is 5.32 Å². The predicted octanol–water partition coefficient (Wildman–Crippen LogP) is 3.15. The summed E-state index contributed by atoms with van der Waals surface area (Å²) in [6.45, 7) is 1.42. The summed E-state index contributed by atoms with van der Waals surface area (Å²) in [4.78, 5) is 23.3. The number of ketones is 1. The van der Waals surface area contributed by atoms with E-state index >= 15 is 0 Å². The molecule has 0 spiro atoms. The van der Waals surface area contributed by atoms with Crippen molar-refractivity contribution in [3.8, 4) is 6.07 Å². The molecule has 1 amide bonds. The van der Waals surface area contributed by atoms with E-state index in [9.17, 15) is 14.0 Å². The third-order valence-electron chi connectivity index (χ3n) is 2.87. The van der Waals surface area contributed by atoms with Crippen LogP contribution in [0.5, 0.6) is 0 Å². The molecule has 2 aromatic carbocycles. The van der Waals surface area contributed by atoms with E-state index in [4.69, 9.17) is 5.26 Å². The molecule has 4 nitrogen and oxygen atoms in total. The maximum absolute atomic E-state index is 13.7. The number of carbonyl (C=O) groups excluding carboxylic acids is 2. The van der Waals surface area contributed by atoms with Crippen molar-refractivity contribution in [2.75, 3.05) is 5.32 Å². The van der Waals surface area contributed by atoms with E-state index in [2.05, 4.69) is 5.32 Å². The van der Waals surface area contributed by atoms with E-state index in [1.807, 2.05) is 0 Å². The van der Waals surface area contributed by atoms with Crippen LogP contribution in [0.4, 0.5) is 10.1 Å². The minimum absolute atomic E-state index is 0.129. The Morgan fingerprint density at radius 2 is 1.95 bits per heavy atom. The summed E-state index contributed by atoms with van der Waals surface area (Å²) in [7, 11) is 0. The van der Waals surface area contributed by atoms with Gasteiger partial charge in [-0.05, 0) is 37.3 Å². The predicted molar refractivity (Wildman–Crippen MR) is 75.5 cm³/mol. The van der Waals surface area contributed by atoms with Gasteiger partial charge in [0.2, 0.25) is 0 Å². The molecule has 0 aliphatic heterocycles. The van der Waals surface area contributed by atoms with E-state index in [0.29, 0.717) is 11.3 Å². The maximum Gasteiger partial charge on any atom is 0.258 e. The van der Waals surface area contributed by atoms with Crippen LogP contribution in [0.3, 0.4) is 0 Å². The minimum atomic E-state index is -0.769. The molecule has 0 unspecified atom stereocenters. The van der Waals surface area contributed by atoms with Gasteiger partial charge in [0.05, 0.1) is 17.2 Å². The van der Waals surface area contributed by atoms with Gasteiger partial charge in [-0.15, -0.1) is 0 Å². The zero-order chi connectivity index (χ0) is 15.4. The van der Waals surface area contributed by atoms with Crippen LogP contribution in [0.15, 0.2) is 42.5 Å². The monoisotopic (exact) mass is 282 g/mol. The van der Waals surface area contributed by atoms with E-state index < -0.39 is 11.7 Å². The number of hydrogen-bond acceptors (Lipinski definition) is 3. The molecule has 5 heteroatoms. The summed E-state index contributed by atoms with van der Waals surface area (Å²) in [5.74, 6) is -1.54. The van der Waals surface area contributed by atoms with Crippen LogP contribution in [-0.2, 0) is 0 Å². The second-order valence-electron chi connectivity index (χ2n) is 4.40. The Kier molecular flexibility index (Phi) is 4.10. The molecule has 2 aromatic rings. The Labute approximate surface area is 120 Å². The highest BCUT2D eigenvalue weighted by Gasteiger charge is 2.13. The van der Waals surface area contributed by atoms with Crippen LogP contribution in [-0.4, -0.2) is 11.7 Å². The van der Waals surface area contributed by atoms with Gasteiger partial charge in [-0.25, -0.2) is 4.39 Å². The SMILES string of the molecule is CC(=O)c1cccc(NC(=O)c2ccc(C#N)cc2F)c1. The fraction of sp³-hybridized carbons (Fsp3) is 0.0625. The summed E-state index contributed by atoms with van der Waals surface area (Å²) in [6, 6.07) is 11.8. The number of benzene rings is 2. The molecule has 0 heterocycles. The lowest BCUT2D eigenvalue weighted by Gasteiger charge is -2.07. The smallest absolute Gasteiger partial charge is 0.258 e. The van der Waals surface area contributed by atoms with Gasteiger partial charge in [0.25, 0.3) is 5.91 Å². The molecule has 0 aliphatic rings. The van der Waals surface area contributed by atoms with Crippen molar-refractivity contribution in [1.82, 2.24) is 0 Å². The Morgan fingerprint density at radius 1 is 1.19 bits per heavy atom. The first-order chi connectivity index (χ1) is 10.0.